The third-order valence-electron chi connectivity index (χ3n) is 5.11. The monoisotopic (exact) mass is 498 g/mol. The maximum absolute atomic E-state index is 13.1. The lowest BCUT2D eigenvalue weighted by molar-refractivity contribution is -0.119. The number of hydrogen-bond acceptors (Lipinski definition) is 7. The van der Waals surface area contributed by atoms with Crippen LogP contribution in [0.5, 0.6) is 5.75 Å². The van der Waals surface area contributed by atoms with Crippen molar-refractivity contribution >= 4 is 29.3 Å². The molecule has 1 aromatic heterocycles. The topological polar surface area (TPSA) is 106 Å². The zero-order valence-corrected chi connectivity index (χ0v) is 20.2. The molecule has 4 rings (SSSR count). The Morgan fingerprint density at radius 2 is 1.75 bits per heavy atom. The maximum atomic E-state index is 13.1. The Morgan fingerprint density at radius 1 is 1.03 bits per heavy atom. The second kappa shape index (κ2) is 11.7. The highest BCUT2D eigenvalue weighted by Gasteiger charge is 2.21. The zero-order valence-electron chi connectivity index (χ0n) is 19.4. The average molecular weight is 499 g/mol. The first-order valence-electron chi connectivity index (χ1n) is 10.9. The Morgan fingerprint density at radius 3 is 2.47 bits per heavy atom. The van der Waals surface area contributed by atoms with Gasteiger partial charge < -0.3 is 14.8 Å². The fourth-order valence-corrected chi connectivity index (χ4v) is 4.07. The number of esters is 1. The van der Waals surface area contributed by atoms with E-state index in [-0.39, 0.29) is 11.3 Å². The molecule has 0 saturated carbocycles. The van der Waals surface area contributed by atoms with Gasteiger partial charge in [0.2, 0.25) is 0 Å². The maximum Gasteiger partial charge on any atom is 0.342 e. The van der Waals surface area contributed by atoms with Crippen LogP contribution in [0.1, 0.15) is 10.4 Å². The summed E-state index contributed by atoms with van der Waals surface area (Å²) < 4.78 is 12.2. The van der Waals surface area contributed by atoms with Gasteiger partial charge in [0.25, 0.3) is 5.91 Å². The van der Waals surface area contributed by atoms with Gasteiger partial charge in [0.15, 0.2) is 6.61 Å². The summed E-state index contributed by atoms with van der Waals surface area (Å²) in [5.74, 6) is -0.239. The number of ether oxygens (including phenoxy) is 2. The molecule has 180 valence electrons. The number of anilines is 1. The van der Waals surface area contributed by atoms with Gasteiger partial charge in [-0.15, -0.1) is 11.8 Å². The molecule has 9 heteroatoms. The van der Waals surface area contributed by atoms with E-state index in [0.29, 0.717) is 22.7 Å². The summed E-state index contributed by atoms with van der Waals surface area (Å²) in [5, 5.41) is 16.2. The van der Waals surface area contributed by atoms with E-state index >= 15 is 0 Å². The largest absolute Gasteiger partial charge is 0.497 e. The van der Waals surface area contributed by atoms with Crippen molar-refractivity contribution in [3.05, 3.63) is 90.6 Å². The Hall–Kier alpha value is -4.55. The summed E-state index contributed by atoms with van der Waals surface area (Å²) in [6.45, 7) is -0.478. The molecule has 0 unspecified atom stereocenters. The Bertz CT molecular complexity index is 1400. The summed E-state index contributed by atoms with van der Waals surface area (Å²) in [5.41, 5.74) is 2.67. The Kier molecular flexibility index (Phi) is 8.01. The van der Waals surface area contributed by atoms with Crippen molar-refractivity contribution in [1.29, 1.82) is 5.26 Å². The van der Waals surface area contributed by atoms with Gasteiger partial charge in [-0.05, 0) is 48.5 Å². The van der Waals surface area contributed by atoms with E-state index < -0.39 is 18.5 Å². The smallest absolute Gasteiger partial charge is 0.342 e. The number of nitrogens with one attached hydrogen (secondary N) is 1. The first-order chi connectivity index (χ1) is 17.6. The lowest BCUT2D eigenvalue weighted by Gasteiger charge is -2.10. The van der Waals surface area contributed by atoms with Crippen molar-refractivity contribution in [1.82, 2.24) is 9.78 Å². The molecule has 4 aromatic rings. The molecule has 0 aliphatic heterocycles. The number of rotatable bonds is 9. The van der Waals surface area contributed by atoms with E-state index in [1.54, 1.807) is 54.4 Å². The number of nitriles is 1. The molecule has 1 N–H and O–H groups in total. The highest BCUT2D eigenvalue weighted by atomic mass is 32.2. The SMILES string of the molecule is COc1ccc(-c2nn(-c3ccccc3)cc2C(=O)OCC(=O)Nc2ccccc2SCC#N)cc1. The van der Waals surface area contributed by atoms with Gasteiger partial charge in [0.1, 0.15) is 17.0 Å². The Labute approximate surface area is 212 Å². The predicted octanol–water partition coefficient (Wildman–Crippen LogP) is 4.96. The van der Waals surface area contributed by atoms with Crippen molar-refractivity contribution in [2.75, 3.05) is 24.8 Å². The molecule has 1 amide bonds. The summed E-state index contributed by atoms with van der Waals surface area (Å²) in [4.78, 5) is 26.3. The molecule has 36 heavy (non-hydrogen) atoms. The molecule has 0 saturated heterocycles. The number of aromatic nitrogens is 2. The van der Waals surface area contributed by atoms with Crippen LogP contribution < -0.4 is 10.1 Å². The van der Waals surface area contributed by atoms with Crippen molar-refractivity contribution in [3.8, 4) is 28.8 Å². The number of amides is 1. The van der Waals surface area contributed by atoms with E-state index in [0.717, 1.165) is 10.6 Å². The van der Waals surface area contributed by atoms with Gasteiger partial charge in [0.05, 0.1) is 30.3 Å². The number of para-hydroxylation sites is 2. The Balaban J connectivity index is 1.53. The summed E-state index contributed by atoms with van der Waals surface area (Å²) in [6.07, 6.45) is 1.59. The molecule has 0 atom stereocenters. The minimum atomic E-state index is -0.676. The fourth-order valence-electron chi connectivity index (χ4n) is 3.40. The normalized spacial score (nSPS) is 10.3. The first-order valence-corrected chi connectivity index (χ1v) is 11.9. The van der Waals surface area contributed by atoms with Crippen LogP contribution in [0.15, 0.2) is 90.0 Å². The van der Waals surface area contributed by atoms with Crippen LogP contribution in [0.4, 0.5) is 5.69 Å². The molecule has 1 heterocycles. The molecule has 0 aliphatic carbocycles. The van der Waals surface area contributed by atoms with Crippen molar-refractivity contribution in [2.45, 2.75) is 4.90 Å². The summed E-state index contributed by atoms with van der Waals surface area (Å²) in [6, 6.07) is 25.7. The lowest BCUT2D eigenvalue weighted by atomic mass is 10.1. The number of thioether (sulfide) groups is 1. The van der Waals surface area contributed by atoms with Gasteiger partial charge in [-0.25, -0.2) is 9.48 Å². The number of methoxy groups -OCH3 is 1. The molecular formula is C27H22N4O4S. The van der Waals surface area contributed by atoms with E-state index in [1.165, 1.54) is 11.8 Å². The van der Waals surface area contributed by atoms with Crippen LogP contribution in [0.25, 0.3) is 16.9 Å². The number of nitrogens with zero attached hydrogens (tertiary/aromatic N) is 3. The molecule has 0 bridgehead atoms. The summed E-state index contributed by atoms with van der Waals surface area (Å²) >= 11 is 1.31. The zero-order chi connectivity index (χ0) is 25.3. The van der Waals surface area contributed by atoms with Crippen molar-refractivity contribution < 1.29 is 19.1 Å². The van der Waals surface area contributed by atoms with E-state index in [2.05, 4.69) is 16.5 Å². The van der Waals surface area contributed by atoms with Crippen LogP contribution in [-0.2, 0) is 9.53 Å². The first kappa shape index (κ1) is 24.6. The van der Waals surface area contributed by atoms with Crippen LogP contribution >= 0.6 is 11.8 Å². The molecular weight excluding hydrogens is 476 g/mol. The molecule has 0 spiro atoms. The number of carbonyl (C=O) groups excluding carboxylic acids is 2. The molecule has 0 fully saturated rings. The average Bonchev–Trinajstić information content (AvgIpc) is 3.37. The van der Waals surface area contributed by atoms with Gasteiger partial charge in [-0.1, -0.05) is 30.3 Å². The second-order valence-electron chi connectivity index (χ2n) is 7.47. The number of hydrogen-bond donors (Lipinski definition) is 1. The minimum Gasteiger partial charge on any atom is -0.497 e. The minimum absolute atomic E-state index is 0.224. The standard InChI is InChI=1S/C27H22N4O4S/c1-34-21-13-11-19(12-14-21)26-22(17-31(30-26)20-7-3-2-4-8-20)27(33)35-18-25(32)29-23-9-5-6-10-24(23)36-16-15-28/h2-14,17H,16,18H2,1H3,(H,29,32). The van der Waals surface area contributed by atoms with Crippen molar-refractivity contribution in [2.24, 2.45) is 0 Å². The van der Waals surface area contributed by atoms with E-state index in [9.17, 15) is 9.59 Å². The van der Waals surface area contributed by atoms with Gasteiger partial charge in [-0.3, -0.25) is 4.79 Å². The lowest BCUT2D eigenvalue weighted by Crippen LogP contribution is -2.21. The highest BCUT2D eigenvalue weighted by Crippen LogP contribution is 2.28. The third-order valence-corrected chi connectivity index (χ3v) is 6.05. The summed E-state index contributed by atoms with van der Waals surface area (Å²) in [7, 11) is 1.58. The number of carbonyl (C=O) groups is 2. The third kappa shape index (κ3) is 5.92. The van der Waals surface area contributed by atoms with E-state index in [4.69, 9.17) is 14.7 Å². The molecule has 0 aliphatic rings. The van der Waals surface area contributed by atoms with Crippen LogP contribution in [0, 0.1) is 11.3 Å². The fraction of sp³-hybridized carbons (Fsp3) is 0.111. The van der Waals surface area contributed by atoms with Crippen LogP contribution in [0.3, 0.4) is 0 Å². The predicted molar refractivity (Wildman–Crippen MR) is 137 cm³/mol. The van der Waals surface area contributed by atoms with E-state index in [1.807, 2.05) is 42.5 Å². The second-order valence-corrected chi connectivity index (χ2v) is 8.48. The highest BCUT2D eigenvalue weighted by molar-refractivity contribution is 7.99. The van der Waals surface area contributed by atoms with Gasteiger partial charge >= 0.3 is 5.97 Å². The van der Waals surface area contributed by atoms with Crippen LogP contribution in [-0.4, -0.2) is 41.1 Å². The van der Waals surface area contributed by atoms with Gasteiger partial charge in [-0.2, -0.15) is 10.4 Å². The number of benzene rings is 3. The van der Waals surface area contributed by atoms with Crippen molar-refractivity contribution in [3.63, 3.8) is 0 Å². The molecule has 0 radical (unpaired) electrons. The quantitative estimate of drug-likeness (QED) is 0.257. The van der Waals surface area contributed by atoms with Gasteiger partial charge in [0, 0.05) is 16.7 Å². The van der Waals surface area contributed by atoms with Crippen LogP contribution in [0.2, 0.25) is 0 Å². The molecule has 3 aromatic carbocycles. The molecule has 8 nitrogen and oxygen atoms in total.